The number of benzene rings is 3. The third-order valence-corrected chi connectivity index (χ3v) is 8.15. The molecule has 1 heterocycles. The second-order valence-corrected chi connectivity index (χ2v) is 10.9. The average molecular weight is 485 g/mol. The maximum Gasteiger partial charge on any atom is 0.261 e. The van der Waals surface area contributed by atoms with Gasteiger partial charge in [0.15, 0.2) is 0 Å². The maximum absolute atomic E-state index is 13.1. The molecule has 2 N–H and O–H groups in total. The van der Waals surface area contributed by atoms with Gasteiger partial charge in [0.2, 0.25) is 0 Å². The Morgan fingerprint density at radius 3 is 2.69 bits per heavy atom. The summed E-state index contributed by atoms with van der Waals surface area (Å²) in [6.45, 7) is 2.10. The van der Waals surface area contributed by atoms with E-state index < -0.39 is 10.0 Å². The van der Waals surface area contributed by atoms with Crippen molar-refractivity contribution in [2.75, 3.05) is 10.0 Å². The minimum atomic E-state index is -3.83. The van der Waals surface area contributed by atoms with Crippen LogP contribution in [0.4, 0.5) is 11.4 Å². The molecular formula is C25H22Cl2N2O2S. The number of nitrogens with one attached hydrogen (secondary N) is 2. The van der Waals surface area contributed by atoms with Crippen LogP contribution in [0.15, 0.2) is 77.7 Å². The zero-order chi connectivity index (χ0) is 22.5. The number of sulfonamides is 1. The lowest BCUT2D eigenvalue weighted by Gasteiger charge is -2.37. The number of hydrogen-bond donors (Lipinski definition) is 2. The summed E-state index contributed by atoms with van der Waals surface area (Å²) in [5, 5.41) is 4.36. The summed E-state index contributed by atoms with van der Waals surface area (Å²) in [6, 6.07) is 18.7. The summed E-state index contributed by atoms with van der Waals surface area (Å²) < 4.78 is 28.8. The minimum Gasteiger partial charge on any atom is -0.378 e. The van der Waals surface area contributed by atoms with Crippen LogP contribution in [0.25, 0.3) is 0 Å². The molecule has 0 radical (unpaired) electrons. The number of rotatable bonds is 4. The zero-order valence-corrected chi connectivity index (χ0v) is 19.7. The van der Waals surface area contributed by atoms with Crippen molar-refractivity contribution in [3.05, 3.63) is 99.6 Å². The van der Waals surface area contributed by atoms with E-state index in [2.05, 4.69) is 53.4 Å². The minimum absolute atomic E-state index is 0.154. The molecule has 32 heavy (non-hydrogen) atoms. The second-order valence-electron chi connectivity index (χ2n) is 8.37. The molecule has 1 aliphatic heterocycles. The molecular weight excluding hydrogens is 463 g/mol. The molecule has 0 unspecified atom stereocenters. The molecule has 3 atom stereocenters. The Morgan fingerprint density at radius 1 is 1.03 bits per heavy atom. The quantitative estimate of drug-likeness (QED) is 0.394. The summed E-state index contributed by atoms with van der Waals surface area (Å²) in [6.07, 6.45) is 5.34. The highest BCUT2D eigenvalue weighted by Crippen LogP contribution is 2.50. The van der Waals surface area contributed by atoms with Crippen LogP contribution in [-0.4, -0.2) is 8.42 Å². The van der Waals surface area contributed by atoms with E-state index in [1.165, 1.54) is 17.2 Å². The highest BCUT2D eigenvalue weighted by atomic mass is 35.5. The monoisotopic (exact) mass is 484 g/mol. The SMILES string of the molecule is Cc1cccc([C@@H]2Nc3ccc(S(=O)(=O)Nc4cc(Cl)ccc4Cl)cc3[C@@H]3C=CC[C@@H]32)c1. The van der Waals surface area contributed by atoms with Crippen molar-refractivity contribution in [3.63, 3.8) is 0 Å². The van der Waals surface area contributed by atoms with E-state index in [-0.39, 0.29) is 27.6 Å². The Hall–Kier alpha value is -2.47. The first-order valence-electron chi connectivity index (χ1n) is 10.4. The predicted molar refractivity (Wildman–Crippen MR) is 131 cm³/mol. The van der Waals surface area contributed by atoms with Crippen molar-refractivity contribution in [1.82, 2.24) is 0 Å². The van der Waals surface area contributed by atoms with Gasteiger partial charge in [0.25, 0.3) is 10.0 Å². The molecule has 2 aliphatic rings. The molecule has 0 spiro atoms. The molecule has 0 aromatic heterocycles. The van der Waals surface area contributed by atoms with E-state index in [4.69, 9.17) is 23.2 Å². The Labute approximate surface area is 198 Å². The number of halogens is 2. The Morgan fingerprint density at radius 2 is 1.88 bits per heavy atom. The molecule has 1 aliphatic carbocycles. The van der Waals surface area contributed by atoms with E-state index in [9.17, 15) is 8.42 Å². The normalized spacial score (nSPS) is 21.5. The van der Waals surface area contributed by atoms with Gasteiger partial charge in [-0.3, -0.25) is 4.72 Å². The molecule has 4 nitrogen and oxygen atoms in total. The fraction of sp³-hybridized carbons (Fsp3) is 0.200. The van der Waals surface area contributed by atoms with Gasteiger partial charge in [-0.05, 0) is 66.8 Å². The van der Waals surface area contributed by atoms with Gasteiger partial charge in [-0.2, -0.15) is 0 Å². The average Bonchev–Trinajstić information content (AvgIpc) is 3.25. The summed E-state index contributed by atoms with van der Waals surface area (Å²) in [5.74, 6) is 0.485. The van der Waals surface area contributed by atoms with Gasteiger partial charge in [0.05, 0.1) is 21.6 Å². The van der Waals surface area contributed by atoms with Crippen LogP contribution in [0.1, 0.15) is 35.1 Å². The highest BCUT2D eigenvalue weighted by molar-refractivity contribution is 7.92. The smallest absolute Gasteiger partial charge is 0.261 e. The Balaban J connectivity index is 1.50. The lowest BCUT2D eigenvalue weighted by molar-refractivity contribution is 0.425. The molecule has 0 fully saturated rings. The third kappa shape index (κ3) is 3.90. The summed E-state index contributed by atoms with van der Waals surface area (Å²) in [7, 11) is -3.83. The van der Waals surface area contributed by atoms with Crippen LogP contribution in [0, 0.1) is 12.8 Å². The van der Waals surface area contributed by atoms with Crippen molar-refractivity contribution in [2.24, 2.45) is 5.92 Å². The van der Waals surface area contributed by atoms with Gasteiger partial charge < -0.3 is 5.32 Å². The number of allylic oxidation sites excluding steroid dienone is 2. The van der Waals surface area contributed by atoms with Crippen LogP contribution in [-0.2, 0) is 10.0 Å². The fourth-order valence-electron chi connectivity index (χ4n) is 4.71. The second kappa shape index (κ2) is 8.14. The van der Waals surface area contributed by atoms with E-state index in [0.717, 1.165) is 17.7 Å². The van der Waals surface area contributed by atoms with Crippen LogP contribution >= 0.6 is 23.2 Å². The fourth-order valence-corrected chi connectivity index (χ4v) is 6.21. The topological polar surface area (TPSA) is 58.2 Å². The Kier molecular flexibility index (Phi) is 5.44. The molecule has 3 aromatic rings. The molecule has 7 heteroatoms. The lowest BCUT2D eigenvalue weighted by atomic mass is 9.77. The molecule has 164 valence electrons. The number of hydrogen-bond acceptors (Lipinski definition) is 3. The van der Waals surface area contributed by atoms with Crippen molar-refractivity contribution in [2.45, 2.75) is 30.2 Å². The molecule has 5 rings (SSSR count). The van der Waals surface area contributed by atoms with Gasteiger partial charge in [0, 0.05) is 16.6 Å². The van der Waals surface area contributed by atoms with Crippen molar-refractivity contribution < 1.29 is 8.42 Å². The molecule has 0 saturated heterocycles. The molecule has 0 amide bonds. The molecule has 0 bridgehead atoms. The first kappa shape index (κ1) is 21.4. The van der Waals surface area contributed by atoms with E-state index in [1.54, 1.807) is 24.3 Å². The Bertz CT molecular complexity index is 1340. The van der Waals surface area contributed by atoms with Gasteiger partial charge in [-0.25, -0.2) is 8.42 Å². The largest absolute Gasteiger partial charge is 0.378 e. The predicted octanol–water partition coefficient (Wildman–Crippen LogP) is 6.93. The number of anilines is 2. The summed E-state index contributed by atoms with van der Waals surface area (Å²) in [5.41, 5.74) is 4.69. The third-order valence-electron chi connectivity index (χ3n) is 6.22. The van der Waals surface area contributed by atoms with E-state index in [0.29, 0.717) is 10.9 Å². The lowest BCUT2D eigenvalue weighted by Crippen LogP contribution is -2.29. The van der Waals surface area contributed by atoms with Crippen molar-refractivity contribution in [3.8, 4) is 0 Å². The van der Waals surface area contributed by atoms with Gasteiger partial charge >= 0.3 is 0 Å². The highest BCUT2D eigenvalue weighted by Gasteiger charge is 2.38. The van der Waals surface area contributed by atoms with Crippen LogP contribution in [0.2, 0.25) is 10.0 Å². The van der Waals surface area contributed by atoms with Gasteiger partial charge in [-0.15, -0.1) is 0 Å². The van der Waals surface area contributed by atoms with Gasteiger partial charge in [-0.1, -0.05) is 65.2 Å². The zero-order valence-electron chi connectivity index (χ0n) is 17.3. The molecule has 3 aromatic carbocycles. The summed E-state index contributed by atoms with van der Waals surface area (Å²) >= 11 is 12.2. The van der Waals surface area contributed by atoms with E-state index in [1.807, 2.05) is 6.07 Å². The van der Waals surface area contributed by atoms with Crippen molar-refractivity contribution in [1.29, 1.82) is 0 Å². The number of aryl methyl sites for hydroxylation is 1. The first-order valence-corrected chi connectivity index (χ1v) is 12.7. The van der Waals surface area contributed by atoms with Crippen molar-refractivity contribution >= 4 is 44.6 Å². The molecule has 0 saturated carbocycles. The van der Waals surface area contributed by atoms with Gasteiger partial charge in [0.1, 0.15) is 0 Å². The van der Waals surface area contributed by atoms with Crippen LogP contribution < -0.4 is 10.0 Å². The van der Waals surface area contributed by atoms with Crippen LogP contribution in [0.5, 0.6) is 0 Å². The standard InChI is InChI=1S/C25H22Cl2N2O2S/c1-15-4-2-5-16(12-15)25-20-7-3-6-19(20)21-14-18(9-11-23(21)28-25)32(30,31)29-24-13-17(26)8-10-22(24)27/h2-6,8-14,19-20,25,28-29H,7H2,1H3/t19-,20+,25+/m1/s1. The number of fused-ring (bicyclic) bond motifs is 3. The first-order chi connectivity index (χ1) is 15.3. The maximum atomic E-state index is 13.1. The van der Waals surface area contributed by atoms with Crippen LogP contribution in [0.3, 0.4) is 0 Å². The summed E-state index contributed by atoms with van der Waals surface area (Å²) in [4.78, 5) is 0.196. The van der Waals surface area contributed by atoms with E-state index >= 15 is 0 Å².